The standard InChI is InChI=1S/C17H23ClN2O4/c1-2-19(11-17(22)23)14-7-9-20(10-8-14)16(21)12-24-15-5-3-13(18)4-6-15/h3-6,14H,2,7-12H2,1H3,(H,22,23). The highest BCUT2D eigenvalue weighted by Crippen LogP contribution is 2.18. The first kappa shape index (κ1) is 18.5. The summed E-state index contributed by atoms with van der Waals surface area (Å²) < 4.78 is 5.49. The molecule has 2 rings (SSSR count). The Labute approximate surface area is 146 Å². The Morgan fingerprint density at radius 1 is 1.29 bits per heavy atom. The monoisotopic (exact) mass is 354 g/mol. The van der Waals surface area contributed by atoms with Gasteiger partial charge in [-0.05, 0) is 43.7 Å². The van der Waals surface area contributed by atoms with Crippen LogP contribution in [-0.4, -0.2) is 65.6 Å². The number of ether oxygens (including phenoxy) is 1. The van der Waals surface area contributed by atoms with Gasteiger partial charge in [0.15, 0.2) is 6.61 Å². The van der Waals surface area contributed by atoms with Crippen molar-refractivity contribution in [2.45, 2.75) is 25.8 Å². The second kappa shape index (κ2) is 8.89. The van der Waals surface area contributed by atoms with Gasteiger partial charge >= 0.3 is 5.97 Å². The van der Waals surface area contributed by atoms with Crippen LogP contribution in [0.2, 0.25) is 5.02 Å². The fourth-order valence-corrected chi connectivity index (χ4v) is 3.05. The largest absolute Gasteiger partial charge is 0.484 e. The molecule has 0 unspecified atom stereocenters. The minimum absolute atomic E-state index is 0.00107. The molecule has 0 spiro atoms. The molecule has 1 aliphatic heterocycles. The van der Waals surface area contributed by atoms with E-state index in [0.29, 0.717) is 30.4 Å². The van der Waals surface area contributed by atoms with E-state index in [1.54, 1.807) is 29.2 Å². The normalized spacial score (nSPS) is 15.5. The molecule has 0 aromatic heterocycles. The SMILES string of the molecule is CCN(CC(=O)O)C1CCN(C(=O)COc2ccc(Cl)cc2)CC1. The van der Waals surface area contributed by atoms with E-state index in [1.165, 1.54) is 0 Å². The van der Waals surface area contributed by atoms with Gasteiger partial charge in [0.05, 0.1) is 6.54 Å². The van der Waals surface area contributed by atoms with Gasteiger partial charge in [-0.15, -0.1) is 0 Å². The third-order valence-corrected chi connectivity index (χ3v) is 4.51. The van der Waals surface area contributed by atoms with E-state index in [1.807, 2.05) is 11.8 Å². The molecule has 1 aromatic carbocycles. The fraction of sp³-hybridized carbons (Fsp3) is 0.529. The number of likely N-dealkylation sites (tertiary alicyclic amines) is 1. The van der Waals surface area contributed by atoms with E-state index >= 15 is 0 Å². The van der Waals surface area contributed by atoms with Crippen LogP contribution in [0, 0.1) is 0 Å². The number of carbonyl (C=O) groups excluding carboxylic acids is 1. The van der Waals surface area contributed by atoms with Gasteiger partial charge < -0.3 is 14.7 Å². The van der Waals surface area contributed by atoms with Gasteiger partial charge in [0, 0.05) is 24.2 Å². The Kier molecular flexibility index (Phi) is 6.87. The minimum Gasteiger partial charge on any atom is -0.484 e. The molecule has 132 valence electrons. The Bertz CT molecular complexity index is 556. The maximum Gasteiger partial charge on any atom is 0.317 e. The highest BCUT2D eigenvalue weighted by atomic mass is 35.5. The van der Waals surface area contributed by atoms with Crippen LogP contribution in [0.3, 0.4) is 0 Å². The smallest absolute Gasteiger partial charge is 0.317 e. The lowest BCUT2D eigenvalue weighted by atomic mass is 10.0. The number of carbonyl (C=O) groups is 2. The van der Waals surface area contributed by atoms with Crippen LogP contribution in [0.5, 0.6) is 5.75 Å². The maximum absolute atomic E-state index is 12.2. The number of halogens is 1. The van der Waals surface area contributed by atoms with Crippen molar-refractivity contribution in [1.29, 1.82) is 0 Å². The van der Waals surface area contributed by atoms with Crippen molar-refractivity contribution in [3.05, 3.63) is 29.3 Å². The number of benzene rings is 1. The van der Waals surface area contributed by atoms with Gasteiger partial charge in [0.1, 0.15) is 5.75 Å². The summed E-state index contributed by atoms with van der Waals surface area (Å²) in [7, 11) is 0. The van der Waals surface area contributed by atoms with E-state index in [0.717, 1.165) is 12.8 Å². The number of amides is 1. The summed E-state index contributed by atoms with van der Waals surface area (Å²) in [5.41, 5.74) is 0. The summed E-state index contributed by atoms with van der Waals surface area (Å²) in [4.78, 5) is 26.9. The van der Waals surface area contributed by atoms with Gasteiger partial charge in [-0.2, -0.15) is 0 Å². The first-order valence-corrected chi connectivity index (χ1v) is 8.49. The lowest BCUT2D eigenvalue weighted by Crippen LogP contribution is -2.49. The van der Waals surface area contributed by atoms with E-state index in [9.17, 15) is 9.59 Å². The molecule has 1 saturated heterocycles. The van der Waals surface area contributed by atoms with Crippen molar-refractivity contribution in [1.82, 2.24) is 9.80 Å². The van der Waals surface area contributed by atoms with Crippen LogP contribution in [-0.2, 0) is 9.59 Å². The zero-order valence-corrected chi connectivity index (χ0v) is 14.5. The van der Waals surface area contributed by atoms with E-state index in [4.69, 9.17) is 21.4 Å². The molecule has 1 aliphatic rings. The lowest BCUT2D eigenvalue weighted by molar-refractivity contribution is -0.140. The zero-order valence-electron chi connectivity index (χ0n) is 13.8. The average Bonchev–Trinajstić information content (AvgIpc) is 2.59. The Morgan fingerprint density at radius 3 is 2.46 bits per heavy atom. The Balaban J connectivity index is 1.77. The first-order valence-electron chi connectivity index (χ1n) is 8.11. The van der Waals surface area contributed by atoms with Crippen molar-refractivity contribution in [2.24, 2.45) is 0 Å². The Morgan fingerprint density at radius 2 is 1.92 bits per heavy atom. The number of carboxylic acids is 1. The molecule has 1 fully saturated rings. The first-order chi connectivity index (χ1) is 11.5. The van der Waals surface area contributed by atoms with Crippen LogP contribution in [0.1, 0.15) is 19.8 Å². The third kappa shape index (κ3) is 5.39. The predicted octanol–water partition coefficient (Wildman–Crippen LogP) is 2.12. The molecule has 0 aliphatic carbocycles. The topological polar surface area (TPSA) is 70.1 Å². The van der Waals surface area contributed by atoms with Crippen LogP contribution < -0.4 is 4.74 Å². The molecule has 0 atom stereocenters. The van der Waals surface area contributed by atoms with Crippen LogP contribution >= 0.6 is 11.6 Å². The molecule has 6 nitrogen and oxygen atoms in total. The van der Waals surface area contributed by atoms with Crippen molar-refractivity contribution >= 4 is 23.5 Å². The molecule has 0 saturated carbocycles. The van der Waals surface area contributed by atoms with Gasteiger partial charge in [-0.1, -0.05) is 18.5 Å². The summed E-state index contributed by atoms with van der Waals surface area (Å²) >= 11 is 5.81. The molecule has 7 heteroatoms. The number of hydrogen-bond donors (Lipinski definition) is 1. The minimum atomic E-state index is -0.813. The average molecular weight is 355 g/mol. The summed E-state index contributed by atoms with van der Waals surface area (Å²) in [5.74, 6) is -0.252. The van der Waals surface area contributed by atoms with Gasteiger partial charge in [-0.3, -0.25) is 14.5 Å². The second-order valence-electron chi connectivity index (χ2n) is 5.81. The summed E-state index contributed by atoms with van der Waals surface area (Å²) in [6.07, 6.45) is 1.57. The van der Waals surface area contributed by atoms with Crippen molar-refractivity contribution in [3.8, 4) is 5.75 Å². The van der Waals surface area contributed by atoms with Gasteiger partial charge in [-0.25, -0.2) is 0 Å². The van der Waals surface area contributed by atoms with Crippen molar-refractivity contribution < 1.29 is 19.4 Å². The predicted molar refractivity (Wildman–Crippen MR) is 91.4 cm³/mol. The van der Waals surface area contributed by atoms with Crippen LogP contribution in [0.25, 0.3) is 0 Å². The lowest BCUT2D eigenvalue weighted by Gasteiger charge is -2.37. The highest BCUT2D eigenvalue weighted by Gasteiger charge is 2.27. The molecule has 1 aromatic rings. The fourth-order valence-electron chi connectivity index (χ4n) is 2.92. The highest BCUT2D eigenvalue weighted by molar-refractivity contribution is 6.30. The second-order valence-corrected chi connectivity index (χ2v) is 6.25. The molecule has 0 radical (unpaired) electrons. The van der Waals surface area contributed by atoms with E-state index < -0.39 is 5.97 Å². The number of aliphatic carboxylic acids is 1. The number of likely N-dealkylation sites (N-methyl/N-ethyl adjacent to an activating group) is 1. The molecule has 24 heavy (non-hydrogen) atoms. The number of piperidine rings is 1. The van der Waals surface area contributed by atoms with Gasteiger partial charge in [0.2, 0.25) is 0 Å². The summed E-state index contributed by atoms with van der Waals surface area (Å²) in [6, 6.07) is 7.11. The summed E-state index contributed by atoms with van der Waals surface area (Å²) in [5, 5.41) is 9.57. The molecule has 0 bridgehead atoms. The molecule has 1 heterocycles. The number of rotatable bonds is 7. The molecular weight excluding hydrogens is 332 g/mol. The number of carboxylic acid groups (broad SMARTS) is 1. The maximum atomic E-state index is 12.2. The zero-order chi connectivity index (χ0) is 17.5. The molecule has 1 N–H and O–H groups in total. The van der Waals surface area contributed by atoms with E-state index in [-0.39, 0.29) is 25.1 Å². The summed E-state index contributed by atoms with van der Waals surface area (Å²) in [6.45, 7) is 3.96. The number of nitrogens with zero attached hydrogens (tertiary/aromatic N) is 2. The van der Waals surface area contributed by atoms with Crippen molar-refractivity contribution in [2.75, 3.05) is 32.8 Å². The molecule has 1 amide bonds. The van der Waals surface area contributed by atoms with Crippen LogP contribution in [0.4, 0.5) is 0 Å². The third-order valence-electron chi connectivity index (χ3n) is 4.25. The van der Waals surface area contributed by atoms with Crippen LogP contribution in [0.15, 0.2) is 24.3 Å². The van der Waals surface area contributed by atoms with Crippen molar-refractivity contribution in [3.63, 3.8) is 0 Å². The molecular formula is C17H23ClN2O4. The quantitative estimate of drug-likeness (QED) is 0.812. The van der Waals surface area contributed by atoms with E-state index in [2.05, 4.69) is 0 Å². The number of hydrogen-bond acceptors (Lipinski definition) is 4. The van der Waals surface area contributed by atoms with Gasteiger partial charge in [0.25, 0.3) is 5.91 Å². The Hall–Kier alpha value is -1.79.